The van der Waals surface area contributed by atoms with Crippen molar-refractivity contribution >= 4 is 23.5 Å². The van der Waals surface area contributed by atoms with E-state index in [4.69, 9.17) is 21.1 Å². The van der Waals surface area contributed by atoms with Gasteiger partial charge in [0.15, 0.2) is 5.82 Å². The smallest absolute Gasteiger partial charge is 0.305 e. The molecule has 0 bridgehead atoms. The molecule has 0 saturated carbocycles. The normalized spacial score (nSPS) is 20.6. The molecule has 35 heavy (non-hydrogen) atoms. The quantitative estimate of drug-likeness (QED) is 0.349. The number of halogens is 1. The van der Waals surface area contributed by atoms with Crippen molar-refractivity contribution in [1.29, 1.82) is 0 Å². The molecule has 3 aromatic rings. The average molecular weight is 502 g/mol. The van der Waals surface area contributed by atoms with E-state index >= 15 is 0 Å². The lowest BCUT2D eigenvalue weighted by molar-refractivity contribution is -0.143. The van der Waals surface area contributed by atoms with Gasteiger partial charge in [-0.2, -0.15) is 0 Å². The summed E-state index contributed by atoms with van der Waals surface area (Å²) in [5.41, 5.74) is -0.860. The standard InChI is InChI=1S/C23H28ClN7O4/c1-5-34-18(32)7-6-12-31-20(28-29-30-31)14-8-9-16-15(13-14)19(23(4,33)22(2,3)35-16)27-21-25-11-10-17(24)26-21/h8-11,13,19,33H,5-7,12H2,1-4H3,(H,25,26,27)/t19-,23+/m1/s1. The molecule has 0 fully saturated rings. The first-order chi connectivity index (χ1) is 16.6. The summed E-state index contributed by atoms with van der Waals surface area (Å²) in [6.07, 6.45) is 2.34. The molecular weight excluding hydrogens is 474 g/mol. The van der Waals surface area contributed by atoms with Gasteiger partial charge in [-0.25, -0.2) is 14.6 Å². The van der Waals surface area contributed by atoms with Crippen molar-refractivity contribution in [3.63, 3.8) is 0 Å². The van der Waals surface area contributed by atoms with Gasteiger partial charge in [-0.3, -0.25) is 4.79 Å². The van der Waals surface area contributed by atoms with Crippen LogP contribution in [0.5, 0.6) is 5.75 Å². The first-order valence-corrected chi connectivity index (χ1v) is 11.7. The van der Waals surface area contributed by atoms with E-state index in [1.54, 1.807) is 30.8 Å². The van der Waals surface area contributed by atoms with Crippen LogP contribution in [0.1, 0.15) is 52.1 Å². The van der Waals surface area contributed by atoms with E-state index in [-0.39, 0.29) is 23.5 Å². The molecule has 3 heterocycles. The number of rotatable bonds is 8. The van der Waals surface area contributed by atoms with Gasteiger partial charge in [0.25, 0.3) is 0 Å². The summed E-state index contributed by atoms with van der Waals surface area (Å²) in [6.45, 7) is 7.91. The van der Waals surface area contributed by atoms with Crippen LogP contribution in [-0.2, 0) is 16.1 Å². The number of aryl methyl sites for hydroxylation is 1. The van der Waals surface area contributed by atoms with Crippen LogP contribution in [0.2, 0.25) is 5.15 Å². The fourth-order valence-electron chi connectivity index (χ4n) is 3.96. The topological polar surface area (TPSA) is 137 Å². The molecule has 186 valence electrons. The molecule has 0 amide bonds. The number of esters is 1. The number of ether oxygens (including phenoxy) is 2. The monoisotopic (exact) mass is 501 g/mol. The highest BCUT2D eigenvalue weighted by Gasteiger charge is 2.53. The van der Waals surface area contributed by atoms with Gasteiger partial charge in [-0.1, -0.05) is 11.6 Å². The molecule has 2 aromatic heterocycles. The Morgan fingerprint density at radius 3 is 2.86 bits per heavy atom. The number of anilines is 1. The maximum atomic E-state index is 11.7. The zero-order chi connectivity index (χ0) is 25.2. The molecular formula is C23H28ClN7O4. The summed E-state index contributed by atoms with van der Waals surface area (Å²) in [4.78, 5) is 20.1. The molecule has 0 unspecified atom stereocenters. The van der Waals surface area contributed by atoms with Crippen molar-refractivity contribution in [3.05, 3.63) is 41.2 Å². The summed E-state index contributed by atoms with van der Waals surface area (Å²) in [6, 6.07) is 6.50. The number of carbonyl (C=O) groups excluding carboxylic acids is 1. The number of hydrogen-bond acceptors (Lipinski definition) is 10. The molecule has 0 saturated heterocycles. The van der Waals surface area contributed by atoms with Gasteiger partial charge in [-0.15, -0.1) is 5.10 Å². The molecule has 1 aromatic carbocycles. The largest absolute Gasteiger partial charge is 0.484 e. The first kappa shape index (κ1) is 24.8. The Labute approximate surface area is 207 Å². The maximum Gasteiger partial charge on any atom is 0.305 e. The van der Waals surface area contributed by atoms with Crippen LogP contribution in [0.4, 0.5) is 5.95 Å². The van der Waals surface area contributed by atoms with Crippen LogP contribution in [-0.4, -0.2) is 59.1 Å². The highest BCUT2D eigenvalue weighted by Crippen LogP contribution is 2.48. The molecule has 0 spiro atoms. The Kier molecular flexibility index (Phi) is 6.91. The Bertz CT molecular complexity index is 1210. The minimum atomic E-state index is -1.35. The third-order valence-corrected chi connectivity index (χ3v) is 6.42. The number of hydrogen-bond donors (Lipinski definition) is 2. The van der Waals surface area contributed by atoms with Crippen LogP contribution in [0.15, 0.2) is 30.5 Å². The first-order valence-electron chi connectivity index (χ1n) is 11.3. The lowest BCUT2D eigenvalue weighted by atomic mass is 9.75. The van der Waals surface area contributed by atoms with E-state index in [9.17, 15) is 9.90 Å². The lowest BCUT2D eigenvalue weighted by Crippen LogP contribution is -2.60. The number of aliphatic hydroxyl groups is 1. The minimum Gasteiger partial charge on any atom is -0.484 e. The van der Waals surface area contributed by atoms with Gasteiger partial charge in [-0.05, 0) is 68.8 Å². The van der Waals surface area contributed by atoms with Gasteiger partial charge in [0.1, 0.15) is 22.1 Å². The van der Waals surface area contributed by atoms with E-state index in [0.29, 0.717) is 36.7 Å². The summed E-state index contributed by atoms with van der Waals surface area (Å²) in [7, 11) is 0. The Hall–Kier alpha value is -3.31. The maximum absolute atomic E-state index is 11.7. The molecule has 1 aliphatic heterocycles. The minimum absolute atomic E-state index is 0.255. The molecule has 4 rings (SSSR count). The fourth-order valence-corrected chi connectivity index (χ4v) is 4.09. The number of carbonyl (C=O) groups is 1. The van der Waals surface area contributed by atoms with Crippen LogP contribution in [0.25, 0.3) is 11.4 Å². The second-order valence-electron chi connectivity index (χ2n) is 8.93. The van der Waals surface area contributed by atoms with Crippen molar-refractivity contribution < 1.29 is 19.4 Å². The van der Waals surface area contributed by atoms with Gasteiger partial charge in [0.2, 0.25) is 5.95 Å². The number of fused-ring (bicyclic) bond motifs is 1. The predicted octanol–water partition coefficient (Wildman–Crippen LogP) is 3.20. The Balaban J connectivity index is 1.66. The van der Waals surface area contributed by atoms with Gasteiger partial charge in [0, 0.05) is 30.3 Å². The second-order valence-corrected chi connectivity index (χ2v) is 9.31. The number of nitrogens with zero attached hydrogens (tertiary/aromatic N) is 6. The molecule has 2 atom stereocenters. The van der Waals surface area contributed by atoms with Gasteiger partial charge < -0.3 is 19.9 Å². The van der Waals surface area contributed by atoms with E-state index in [2.05, 4.69) is 30.8 Å². The van der Waals surface area contributed by atoms with Crippen molar-refractivity contribution in [2.75, 3.05) is 11.9 Å². The fraction of sp³-hybridized carbons (Fsp3) is 0.478. The summed E-state index contributed by atoms with van der Waals surface area (Å²) >= 11 is 6.05. The number of nitrogens with one attached hydrogen (secondary N) is 1. The van der Waals surface area contributed by atoms with Crippen LogP contribution < -0.4 is 10.1 Å². The summed E-state index contributed by atoms with van der Waals surface area (Å²) < 4.78 is 12.8. The zero-order valence-electron chi connectivity index (χ0n) is 20.0. The lowest BCUT2D eigenvalue weighted by Gasteiger charge is -2.49. The molecule has 12 heteroatoms. The molecule has 0 radical (unpaired) electrons. The third-order valence-electron chi connectivity index (χ3n) is 6.21. The highest BCUT2D eigenvalue weighted by atomic mass is 35.5. The Morgan fingerprint density at radius 2 is 2.11 bits per heavy atom. The molecule has 1 aliphatic rings. The summed E-state index contributed by atoms with van der Waals surface area (Å²) in [5.74, 6) is 1.15. The average Bonchev–Trinajstić information content (AvgIpc) is 3.25. The second kappa shape index (κ2) is 9.74. The highest BCUT2D eigenvalue weighted by molar-refractivity contribution is 6.29. The number of tetrazole rings is 1. The number of aromatic nitrogens is 6. The number of benzene rings is 1. The van der Waals surface area contributed by atoms with Crippen molar-refractivity contribution in [2.24, 2.45) is 0 Å². The van der Waals surface area contributed by atoms with Crippen LogP contribution in [0.3, 0.4) is 0 Å². The molecule has 2 N–H and O–H groups in total. The van der Waals surface area contributed by atoms with E-state index < -0.39 is 17.2 Å². The van der Waals surface area contributed by atoms with Crippen molar-refractivity contribution in [1.82, 2.24) is 30.2 Å². The van der Waals surface area contributed by atoms with Crippen LogP contribution >= 0.6 is 11.6 Å². The summed E-state index contributed by atoms with van der Waals surface area (Å²) in [5, 5.41) is 27.1. The van der Waals surface area contributed by atoms with Crippen molar-refractivity contribution in [2.45, 2.75) is 64.3 Å². The van der Waals surface area contributed by atoms with E-state index in [1.165, 1.54) is 0 Å². The van der Waals surface area contributed by atoms with E-state index in [0.717, 1.165) is 5.56 Å². The van der Waals surface area contributed by atoms with Gasteiger partial charge >= 0.3 is 5.97 Å². The third kappa shape index (κ3) is 5.06. The SMILES string of the molecule is CCOC(=O)CCCn1nnnc1-c1ccc2c(c1)[C@@H](Nc1nccc(Cl)n1)[C@](C)(O)C(C)(C)O2. The van der Waals surface area contributed by atoms with Gasteiger partial charge in [0.05, 0.1) is 12.6 Å². The van der Waals surface area contributed by atoms with E-state index in [1.807, 2.05) is 32.0 Å². The zero-order valence-corrected chi connectivity index (χ0v) is 20.8. The molecule has 0 aliphatic carbocycles. The Morgan fingerprint density at radius 1 is 1.31 bits per heavy atom. The van der Waals surface area contributed by atoms with Crippen LogP contribution in [0, 0.1) is 0 Å². The molecule has 11 nitrogen and oxygen atoms in total. The predicted molar refractivity (Wildman–Crippen MR) is 128 cm³/mol. The van der Waals surface area contributed by atoms with Crippen molar-refractivity contribution in [3.8, 4) is 17.1 Å².